The fraction of sp³-hybridized carbons (Fsp3) is 0.316. The van der Waals surface area contributed by atoms with Crippen molar-refractivity contribution in [2.24, 2.45) is 11.8 Å². The normalized spacial score (nSPS) is 24.7. The molecule has 2 bridgehead atoms. The van der Waals surface area contributed by atoms with E-state index in [4.69, 9.17) is 9.26 Å². The van der Waals surface area contributed by atoms with Gasteiger partial charge in [-0.25, -0.2) is 13.1 Å². The number of hydrogen-bond acceptors (Lipinski definition) is 7. The Hall–Kier alpha value is -3.18. The van der Waals surface area contributed by atoms with Crippen molar-refractivity contribution in [3.05, 3.63) is 47.7 Å². The van der Waals surface area contributed by atoms with Crippen molar-refractivity contribution in [1.29, 1.82) is 0 Å². The number of carboxylic acids is 1. The summed E-state index contributed by atoms with van der Waals surface area (Å²) in [6.07, 6.45) is 2.12. The Morgan fingerprint density at radius 3 is 2.27 bits per heavy atom. The van der Waals surface area contributed by atoms with Crippen LogP contribution in [-0.4, -0.2) is 42.8 Å². The van der Waals surface area contributed by atoms with Crippen LogP contribution in [0.15, 0.2) is 45.8 Å². The maximum absolute atomic E-state index is 12.6. The fourth-order valence-electron chi connectivity index (χ4n) is 3.55. The van der Waals surface area contributed by atoms with E-state index in [1.807, 2.05) is 0 Å². The van der Waals surface area contributed by atoms with E-state index in [1.54, 1.807) is 26.0 Å². The Labute approximate surface area is 171 Å². The van der Waals surface area contributed by atoms with Gasteiger partial charge in [0.2, 0.25) is 11.8 Å². The highest BCUT2D eigenvalue weighted by molar-refractivity contribution is 7.92. The van der Waals surface area contributed by atoms with Crippen LogP contribution in [0.1, 0.15) is 11.3 Å². The first-order valence-electron chi connectivity index (χ1n) is 9.10. The van der Waals surface area contributed by atoms with E-state index in [1.165, 1.54) is 24.3 Å². The summed E-state index contributed by atoms with van der Waals surface area (Å²) in [6.45, 7) is 3.38. The molecule has 2 aliphatic heterocycles. The van der Waals surface area contributed by atoms with Gasteiger partial charge in [-0.05, 0) is 38.1 Å². The van der Waals surface area contributed by atoms with Crippen molar-refractivity contribution in [2.45, 2.75) is 31.0 Å². The largest absolute Gasteiger partial charge is 0.481 e. The van der Waals surface area contributed by atoms with Gasteiger partial charge in [-0.3, -0.25) is 9.59 Å². The summed E-state index contributed by atoms with van der Waals surface area (Å²) in [4.78, 5) is 24.1. The van der Waals surface area contributed by atoms with E-state index in [0.717, 1.165) is 0 Å². The van der Waals surface area contributed by atoms with Crippen molar-refractivity contribution in [1.82, 2.24) is 5.16 Å². The first-order chi connectivity index (χ1) is 14.2. The number of nitrogens with zero attached hydrogens (tertiary/aromatic N) is 1. The molecule has 10 nitrogen and oxygen atoms in total. The van der Waals surface area contributed by atoms with Crippen LogP contribution in [0.3, 0.4) is 0 Å². The van der Waals surface area contributed by atoms with Crippen molar-refractivity contribution in [3.8, 4) is 0 Å². The molecule has 4 atom stereocenters. The lowest BCUT2D eigenvalue weighted by Crippen LogP contribution is -2.39. The van der Waals surface area contributed by atoms with E-state index in [0.29, 0.717) is 16.9 Å². The molecule has 1 amide bonds. The highest BCUT2D eigenvalue weighted by Crippen LogP contribution is 2.39. The number of aliphatic carboxylic acids is 1. The third kappa shape index (κ3) is 3.46. The number of fused-ring (bicyclic) bond motifs is 2. The number of sulfonamides is 1. The maximum Gasteiger partial charge on any atom is 0.310 e. The maximum atomic E-state index is 12.6. The lowest BCUT2D eigenvalue weighted by molar-refractivity contribution is -0.145. The van der Waals surface area contributed by atoms with Crippen LogP contribution in [0, 0.1) is 25.7 Å². The number of carbonyl (C=O) groups is 2. The predicted octanol–water partition coefficient (Wildman–Crippen LogP) is 1.68. The first-order valence-corrected chi connectivity index (χ1v) is 10.6. The number of amides is 1. The SMILES string of the molecule is Cc1noc(NS(=O)(=O)c2ccc(NC(=O)[C@H]3[C@@H](C(=O)O)[C@H]4C=C[C@@H]3O4)cc2)c1C. The molecule has 4 rings (SSSR count). The van der Waals surface area contributed by atoms with Crippen molar-refractivity contribution in [2.75, 3.05) is 10.0 Å². The molecule has 0 saturated carbocycles. The number of aryl methyl sites for hydroxylation is 1. The third-order valence-corrected chi connectivity index (χ3v) is 6.65. The molecule has 1 aromatic heterocycles. The summed E-state index contributed by atoms with van der Waals surface area (Å²) in [6, 6.07) is 5.49. The summed E-state index contributed by atoms with van der Waals surface area (Å²) in [5, 5.41) is 15.8. The van der Waals surface area contributed by atoms with Crippen molar-refractivity contribution in [3.63, 3.8) is 0 Å². The van der Waals surface area contributed by atoms with Gasteiger partial charge >= 0.3 is 5.97 Å². The third-order valence-electron chi connectivity index (χ3n) is 5.30. The molecule has 3 N–H and O–H groups in total. The van der Waals surface area contributed by atoms with Crippen LogP contribution in [-0.2, 0) is 24.3 Å². The zero-order valence-electron chi connectivity index (χ0n) is 16.0. The number of ether oxygens (including phenoxy) is 1. The molecule has 3 heterocycles. The van der Waals surface area contributed by atoms with Crippen molar-refractivity contribution < 1.29 is 32.4 Å². The minimum Gasteiger partial charge on any atom is -0.481 e. The Balaban J connectivity index is 1.47. The Morgan fingerprint density at radius 1 is 1.07 bits per heavy atom. The average molecular weight is 433 g/mol. The number of carboxylic acid groups (broad SMARTS) is 1. The number of hydrogen-bond donors (Lipinski definition) is 3. The number of benzene rings is 1. The standard InChI is InChI=1S/C19H19N3O7S/c1-9-10(2)21-29-18(9)22-30(26,27)12-5-3-11(4-6-12)20-17(23)15-13-7-8-14(28-13)16(15)19(24)25/h3-8,13-16,22H,1-2H3,(H,20,23)(H,24,25)/t13-,14+,15+,16-/m0/s1. The second-order valence-electron chi connectivity index (χ2n) is 7.18. The number of rotatable bonds is 6. The number of aromatic nitrogens is 1. The minimum atomic E-state index is -3.91. The van der Waals surface area contributed by atoms with E-state index in [9.17, 15) is 23.1 Å². The molecule has 30 heavy (non-hydrogen) atoms. The molecule has 0 unspecified atom stereocenters. The van der Waals surface area contributed by atoms with Gasteiger partial charge in [0.1, 0.15) is 5.92 Å². The van der Waals surface area contributed by atoms with E-state index < -0.39 is 45.9 Å². The summed E-state index contributed by atoms with van der Waals surface area (Å²) < 4.78 is 37.9. The molecule has 0 spiro atoms. The molecule has 2 aromatic rings. The Kier molecular flexibility index (Phi) is 4.86. The van der Waals surface area contributed by atoms with Crippen molar-refractivity contribution >= 4 is 33.5 Å². The Bertz CT molecular complexity index is 1140. The molecule has 0 radical (unpaired) electrons. The van der Waals surface area contributed by atoms with Crippen LogP contribution in [0.2, 0.25) is 0 Å². The number of anilines is 2. The molecule has 2 aliphatic rings. The molecule has 1 aromatic carbocycles. The quantitative estimate of drug-likeness (QED) is 0.583. The lowest BCUT2D eigenvalue weighted by Gasteiger charge is -2.21. The molecular formula is C19H19N3O7S. The van der Waals surface area contributed by atoms with Gasteiger partial charge < -0.3 is 19.7 Å². The fourth-order valence-corrected chi connectivity index (χ4v) is 4.60. The highest BCUT2D eigenvalue weighted by atomic mass is 32.2. The van der Waals surface area contributed by atoms with Crippen LogP contribution in [0.25, 0.3) is 0 Å². The molecular weight excluding hydrogens is 414 g/mol. The van der Waals surface area contributed by atoms with Gasteiger partial charge in [0.05, 0.1) is 28.7 Å². The van der Waals surface area contributed by atoms with Gasteiger partial charge in [0, 0.05) is 11.3 Å². The molecule has 11 heteroatoms. The zero-order chi connectivity index (χ0) is 21.6. The van der Waals surface area contributed by atoms with Gasteiger partial charge in [0.25, 0.3) is 10.0 Å². The summed E-state index contributed by atoms with van der Waals surface area (Å²) >= 11 is 0. The number of nitrogens with one attached hydrogen (secondary N) is 2. The molecule has 1 saturated heterocycles. The van der Waals surface area contributed by atoms with Gasteiger partial charge in [-0.1, -0.05) is 17.3 Å². The first kappa shape index (κ1) is 20.1. The van der Waals surface area contributed by atoms with Crippen LogP contribution < -0.4 is 10.0 Å². The highest BCUT2D eigenvalue weighted by Gasteiger charge is 2.53. The second-order valence-corrected chi connectivity index (χ2v) is 8.86. The van der Waals surface area contributed by atoms with E-state index in [2.05, 4.69) is 15.2 Å². The smallest absolute Gasteiger partial charge is 0.310 e. The Morgan fingerprint density at radius 2 is 1.70 bits per heavy atom. The van der Waals surface area contributed by atoms with Crippen LogP contribution >= 0.6 is 0 Å². The second kappa shape index (κ2) is 7.26. The van der Waals surface area contributed by atoms with Gasteiger partial charge in [0.15, 0.2) is 0 Å². The van der Waals surface area contributed by atoms with Gasteiger partial charge in [-0.2, -0.15) is 0 Å². The minimum absolute atomic E-state index is 0.0360. The monoisotopic (exact) mass is 433 g/mol. The van der Waals surface area contributed by atoms with Crippen LogP contribution in [0.5, 0.6) is 0 Å². The zero-order valence-corrected chi connectivity index (χ0v) is 16.8. The van der Waals surface area contributed by atoms with E-state index in [-0.39, 0.29) is 10.8 Å². The summed E-state index contributed by atoms with van der Waals surface area (Å²) in [7, 11) is -3.91. The molecule has 0 aliphatic carbocycles. The average Bonchev–Trinajstić information content (AvgIpc) is 3.39. The molecule has 158 valence electrons. The lowest BCUT2D eigenvalue weighted by atomic mass is 9.82. The predicted molar refractivity (Wildman–Crippen MR) is 104 cm³/mol. The molecule has 1 fully saturated rings. The topological polar surface area (TPSA) is 148 Å². The van der Waals surface area contributed by atoms with E-state index >= 15 is 0 Å². The van der Waals surface area contributed by atoms with Gasteiger partial charge in [-0.15, -0.1) is 0 Å². The van der Waals surface area contributed by atoms with Crippen LogP contribution in [0.4, 0.5) is 11.6 Å². The summed E-state index contributed by atoms with van der Waals surface area (Å²) in [5.74, 6) is -3.38. The number of carbonyl (C=O) groups excluding carboxylic acids is 1. The summed E-state index contributed by atoms with van der Waals surface area (Å²) in [5.41, 5.74) is 1.49.